The van der Waals surface area contributed by atoms with Crippen molar-refractivity contribution in [2.75, 3.05) is 0 Å². The van der Waals surface area contributed by atoms with Gasteiger partial charge in [-0.15, -0.1) is 5.10 Å². The summed E-state index contributed by atoms with van der Waals surface area (Å²) in [5.41, 5.74) is 1.99. The van der Waals surface area contributed by atoms with Crippen LogP contribution in [0.15, 0.2) is 29.3 Å². The van der Waals surface area contributed by atoms with Crippen LogP contribution in [0.2, 0.25) is 0 Å². The Morgan fingerprint density at radius 3 is 3.06 bits per heavy atom. The first-order chi connectivity index (χ1) is 8.34. The van der Waals surface area contributed by atoms with E-state index in [0.29, 0.717) is 6.04 Å². The highest BCUT2D eigenvalue weighted by atomic mass is 15.4. The van der Waals surface area contributed by atoms with Crippen molar-refractivity contribution in [2.24, 2.45) is 4.99 Å². The van der Waals surface area contributed by atoms with Crippen molar-refractivity contribution in [3.63, 3.8) is 0 Å². The Morgan fingerprint density at radius 2 is 2.12 bits per heavy atom. The summed E-state index contributed by atoms with van der Waals surface area (Å²) in [4.78, 5) is 4.75. The molecule has 88 valence electrons. The third kappa shape index (κ3) is 1.95. The van der Waals surface area contributed by atoms with Crippen molar-refractivity contribution >= 4 is 16.9 Å². The minimum Gasteiger partial charge on any atom is -0.267 e. The van der Waals surface area contributed by atoms with E-state index in [-0.39, 0.29) is 0 Å². The zero-order valence-electron chi connectivity index (χ0n) is 10.0. The lowest BCUT2D eigenvalue weighted by Gasteiger charge is -2.06. The summed E-state index contributed by atoms with van der Waals surface area (Å²) in [5.74, 6) is 1.06. The molecule has 1 atom stereocenters. The van der Waals surface area contributed by atoms with Crippen molar-refractivity contribution < 1.29 is 0 Å². The highest BCUT2D eigenvalue weighted by Gasteiger charge is 2.14. The van der Waals surface area contributed by atoms with Gasteiger partial charge < -0.3 is 0 Å². The van der Waals surface area contributed by atoms with Crippen LogP contribution in [-0.2, 0) is 0 Å². The summed E-state index contributed by atoms with van der Waals surface area (Å²) >= 11 is 0. The number of hydrogen-bond acceptors (Lipinski definition) is 3. The van der Waals surface area contributed by atoms with Gasteiger partial charge in [0.1, 0.15) is 11.4 Å². The topological polar surface area (TPSA) is 43.1 Å². The highest BCUT2D eigenvalue weighted by Crippen LogP contribution is 2.17. The third-order valence-corrected chi connectivity index (χ3v) is 3.24. The maximum atomic E-state index is 4.75. The number of benzene rings is 1. The summed E-state index contributed by atoms with van der Waals surface area (Å²) in [6, 6.07) is 8.43. The zero-order valence-corrected chi connectivity index (χ0v) is 10.0. The van der Waals surface area contributed by atoms with E-state index >= 15 is 0 Å². The van der Waals surface area contributed by atoms with Crippen LogP contribution >= 0.6 is 0 Å². The van der Waals surface area contributed by atoms with Crippen molar-refractivity contribution in [2.45, 2.75) is 38.6 Å². The van der Waals surface area contributed by atoms with E-state index in [1.165, 1.54) is 19.3 Å². The molecule has 0 aliphatic carbocycles. The Balaban J connectivity index is 2.08. The molecule has 1 aliphatic rings. The molecule has 0 saturated carbocycles. The maximum absolute atomic E-state index is 4.75. The van der Waals surface area contributed by atoms with Gasteiger partial charge in [0.2, 0.25) is 0 Å². The van der Waals surface area contributed by atoms with E-state index in [1.54, 1.807) is 0 Å². The van der Waals surface area contributed by atoms with E-state index in [4.69, 9.17) is 4.99 Å². The number of fused-ring (bicyclic) bond motifs is 1. The summed E-state index contributed by atoms with van der Waals surface area (Å²) < 4.78 is 1.90. The molecule has 1 aliphatic heterocycles. The van der Waals surface area contributed by atoms with Crippen LogP contribution in [0.3, 0.4) is 0 Å². The SMILES string of the molecule is CC1CCCCC(n2nnc3ccccc32)=N1. The second-order valence-electron chi connectivity index (χ2n) is 4.63. The van der Waals surface area contributed by atoms with Gasteiger partial charge in [-0.3, -0.25) is 4.99 Å². The lowest BCUT2D eigenvalue weighted by molar-refractivity contribution is 0.630. The molecule has 0 fully saturated rings. The average molecular weight is 228 g/mol. The summed E-state index contributed by atoms with van der Waals surface area (Å²) in [5, 5.41) is 8.41. The molecular weight excluding hydrogens is 212 g/mol. The van der Waals surface area contributed by atoms with Crippen LogP contribution < -0.4 is 0 Å². The Hall–Kier alpha value is -1.71. The minimum atomic E-state index is 0.399. The molecule has 1 aromatic heterocycles. The normalized spacial score (nSPS) is 21.2. The number of aliphatic imine (C=N–C) groups is 1. The molecule has 0 N–H and O–H groups in total. The molecular formula is C13H16N4. The van der Waals surface area contributed by atoms with Crippen LogP contribution in [0, 0.1) is 0 Å². The van der Waals surface area contributed by atoms with Crippen molar-refractivity contribution in [3.8, 4) is 0 Å². The van der Waals surface area contributed by atoms with E-state index in [9.17, 15) is 0 Å². The van der Waals surface area contributed by atoms with Gasteiger partial charge >= 0.3 is 0 Å². The minimum absolute atomic E-state index is 0.399. The first-order valence-corrected chi connectivity index (χ1v) is 6.22. The molecule has 3 rings (SSSR count). The largest absolute Gasteiger partial charge is 0.267 e. The van der Waals surface area contributed by atoms with E-state index < -0.39 is 0 Å². The van der Waals surface area contributed by atoms with Gasteiger partial charge in [0, 0.05) is 12.5 Å². The van der Waals surface area contributed by atoms with Crippen molar-refractivity contribution in [3.05, 3.63) is 24.3 Å². The van der Waals surface area contributed by atoms with Crippen LogP contribution in [0.5, 0.6) is 0 Å². The molecule has 4 nitrogen and oxygen atoms in total. The van der Waals surface area contributed by atoms with Gasteiger partial charge in [-0.1, -0.05) is 23.8 Å². The van der Waals surface area contributed by atoms with Gasteiger partial charge in [0.15, 0.2) is 0 Å². The molecule has 0 radical (unpaired) electrons. The fraction of sp³-hybridized carbons (Fsp3) is 0.462. The van der Waals surface area contributed by atoms with Gasteiger partial charge in [0.05, 0.1) is 5.52 Å². The third-order valence-electron chi connectivity index (χ3n) is 3.24. The number of nitrogens with zero attached hydrogens (tertiary/aromatic N) is 4. The molecule has 0 saturated heterocycles. The Labute approximate surface area is 100 Å². The van der Waals surface area contributed by atoms with Crippen molar-refractivity contribution in [1.29, 1.82) is 0 Å². The standard InChI is InChI=1S/C13H16N4/c1-10-6-2-5-9-13(14-10)17-12-8-4-3-7-11(12)15-16-17/h3-4,7-8,10H,2,5-6,9H2,1H3. The molecule has 1 aromatic carbocycles. The summed E-state index contributed by atoms with van der Waals surface area (Å²) in [7, 11) is 0. The maximum Gasteiger partial charge on any atom is 0.127 e. The monoisotopic (exact) mass is 228 g/mol. The number of para-hydroxylation sites is 1. The molecule has 17 heavy (non-hydrogen) atoms. The van der Waals surface area contributed by atoms with Crippen LogP contribution in [-0.4, -0.2) is 26.9 Å². The Morgan fingerprint density at radius 1 is 1.24 bits per heavy atom. The smallest absolute Gasteiger partial charge is 0.127 e. The van der Waals surface area contributed by atoms with E-state index in [2.05, 4.69) is 17.2 Å². The average Bonchev–Trinajstić information content (AvgIpc) is 2.66. The van der Waals surface area contributed by atoms with Crippen LogP contribution in [0.25, 0.3) is 11.0 Å². The molecule has 0 amide bonds. The van der Waals surface area contributed by atoms with Crippen LogP contribution in [0.4, 0.5) is 0 Å². The van der Waals surface area contributed by atoms with Gasteiger partial charge in [-0.05, 0) is 31.9 Å². The second-order valence-corrected chi connectivity index (χ2v) is 4.63. The first kappa shape index (κ1) is 10.4. The lowest BCUT2D eigenvalue weighted by atomic mass is 10.1. The fourth-order valence-corrected chi connectivity index (χ4v) is 2.33. The molecule has 2 heterocycles. The van der Waals surface area contributed by atoms with Crippen molar-refractivity contribution in [1.82, 2.24) is 15.0 Å². The van der Waals surface area contributed by atoms with Gasteiger partial charge in [0.25, 0.3) is 0 Å². The van der Waals surface area contributed by atoms with E-state index in [0.717, 1.165) is 23.3 Å². The zero-order chi connectivity index (χ0) is 11.7. The quantitative estimate of drug-likeness (QED) is 0.695. The summed E-state index contributed by atoms with van der Waals surface area (Å²) in [6.07, 6.45) is 4.62. The second kappa shape index (κ2) is 4.28. The highest BCUT2D eigenvalue weighted by molar-refractivity contribution is 5.92. The predicted molar refractivity (Wildman–Crippen MR) is 68.3 cm³/mol. The number of rotatable bonds is 0. The van der Waals surface area contributed by atoms with E-state index in [1.807, 2.05) is 28.9 Å². The van der Waals surface area contributed by atoms with Gasteiger partial charge in [-0.2, -0.15) is 4.68 Å². The Kier molecular flexibility index (Phi) is 2.63. The predicted octanol–water partition coefficient (Wildman–Crippen LogP) is 2.64. The molecule has 0 bridgehead atoms. The molecule has 1 unspecified atom stereocenters. The van der Waals surface area contributed by atoms with Gasteiger partial charge in [-0.25, -0.2) is 0 Å². The first-order valence-electron chi connectivity index (χ1n) is 6.22. The van der Waals surface area contributed by atoms with Crippen LogP contribution in [0.1, 0.15) is 32.6 Å². The number of aromatic nitrogens is 3. The Bertz CT molecular complexity index is 555. The molecule has 0 spiro atoms. The summed E-state index contributed by atoms with van der Waals surface area (Å²) in [6.45, 7) is 2.17. The number of hydrogen-bond donors (Lipinski definition) is 0. The lowest BCUT2D eigenvalue weighted by Crippen LogP contribution is -2.14. The molecule has 4 heteroatoms. The fourth-order valence-electron chi connectivity index (χ4n) is 2.33. The molecule has 2 aromatic rings.